The number of pyridine rings is 1. The fourth-order valence-electron chi connectivity index (χ4n) is 2.54. The highest BCUT2D eigenvalue weighted by Crippen LogP contribution is 2.22. The van der Waals surface area contributed by atoms with Gasteiger partial charge in [0.25, 0.3) is 0 Å². The zero-order valence-corrected chi connectivity index (χ0v) is 11.4. The van der Waals surface area contributed by atoms with Gasteiger partial charge in [0.1, 0.15) is 0 Å². The number of nitrogens with two attached hydrogens (primary N) is 1. The highest BCUT2D eigenvalue weighted by molar-refractivity contribution is 5.58. The topological polar surface area (TPSA) is 67.9 Å². The van der Waals surface area contributed by atoms with Gasteiger partial charge in [-0.2, -0.15) is 0 Å². The molecule has 1 aliphatic heterocycles. The molecule has 0 aliphatic carbocycles. The van der Waals surface area contributed by atoms with Crippen molar-refractivity contribution in [1.29, 1.82) is 0 Å². The maximum atomic E-state index is 5.73. The molecule has 0 unspecified atom stereocenters. The summed E-state index contributed by atoms with van der Waals surface area (Å²) in [5, 5.41) is 0. The molecule has 0 amide bonds. The van der Waals surface area contributed by atoms with Gasteiger partial charge in [0, 0.05) is 37.2 Å². The Labute approximate surface area is 118 Å². The van der Waals surface area contributed by atoms with Crippen molar-refractivity contribution in [2.75, 3.05) is 24.5 Å². The molecule has 2 N–H and O–H groups in total. The molecule has 5 nitrogen and oxygen atoms in total. The molecule has 104 valence electrons. The molecular formula is C15H19N5. The SMILES string of the molecule is NCC1CCN(c2nccc(-c3cccnc3)n2)CC1. The number of anilines is 1. The lowest BCUT2D eigenvalue weighted by Crippen LogP contribution is -2.37. The van der Waals surface area contributed by atoms with Gasteiger partial charge in [0.05, 0.1) is 5.69 Å². The molecule has 0 spiro atoms. The maximum absolute atomic E-state index is 5.73. The van der Waals surface area contributed by atoms with Crippen LogP contribution in [-0.2, 0) is 0 Å². The molecular weight excluding hydrogens is 250 g/mol. The molecule has 0 atom stereocenters. The second-order valence-electron chi connectivity index (χ2n) is 5.15. The molecule has 1 saturated heterocycles. The smallest absolute Gasteiger partial charge is 0.225 e. The molecule has 2 aromatic heterocycles. The monoisotopic (exact) mass is 269 g/mol. The minimum Gasteiger partial charge on any atom is -0.341 e. The lowest BCUT2D eigenvalue weighted by Gasteiger charge is -2.31. The van der Waals surface area contributed by atoms with Crippen molar-refractivity contribution in [2.45, 2.75) is 12.8 Å². The third-order valence-corrected chi connectivity index (χ3v) is 3.83. The van der Waals surface area contributed by atoms with E-state index in [1.54, 1.807) is 6.20 Å². The predicted molar refractivity (Wildman–Crippen MR) is 79.3 cm³/mol. The van der Waals surface area contributed by atoms with Crippen molar-refractivity contribution < 1.29 is 0 Å². The lowest BCUT2D eigenvalue weighted by molar-refractivity contribution is 0.411. The van der Waals surface area contributed by atoms with E-state index >= 15 is 0 Å². The van der Waals surface area contributed by atoms with E-state index in [0.717, 1.165) is 49.7 Å². The Morgan fingerprint density at radius 2 is 2.05 bits per heavy atom. The first-order chi connectivity index (χ1) is 9.86. The van der Waals surface area contributed by atoms with Crippen LogP contribution < -0.4 is 10.6 Å². The van der Waals surface area contributed by atoms with Crippen LogP contribution in [0.25, 0.3) is 11.3 Å². The van der Waals surface area contributed by atoms with Gasteiger partial charge < -0.3 is 10.6 Å². The normalized spacial score (nSPS) is 16.4. The first-order valence-electron chi connectivity index (χ1n) is 7.05. The molecule has 3 rings (SSSR count). The van der Waals surface area contributed by atoms with Crippen LogP contribution in [0.4, 0.5) is 5.95 Å². The summed E-state index contributed by atoms with van der Waals surface area (Å²) in [6.07, 6.45) is 7.66. The highest BCUT2D eigenvalue weighted by atomic mass is 15.2. The zero-order valence-electron chi connectivity index (χ0n) is 11.4. The molecule has 0 bridgehead atoms. The Balaban J connectivity index is 1.78. The van der Waals surface area contributed by atoms with Gasteiger partial charge >= 0.3 is 0 Å². The van der Waals surface area contributed by atoms with Gasteiger partial charge in [-0.05, 0) is 43.5 Å². The second kappa shape index (κ2) is 5.96. The molecule has 1 aliphatic rings. The van der Waals surface area contributed by atoms with Gasteiger partial charge in [-0.15, -0.1) is 0 Å². The van der Waals surface area contributed by atoms with E-state index < -0.39 is 0 Å². The maximum Gasteiger partial charge on any atom is 0.225 e. The van der Waals surface area contributed by atoms with Crippen molar-refractivity contribution in [3.63, 3.8) is 0 Å². The van der Waals surface area contributed by atoms with Crippen LogP contribution in [-0.4, -0.2) is 34.6 Å². The number of piperidine rings is 1. The van der Waals surface area contributed by atoms with Gasteiger partial charge in [-0.1, -0.05) is 0 Å². The summed E-state index contributed by atoms with van der Waals surface area (Å²) in [4.78, 5) is 15.4. The number of hydrogen-bond acceptors (Lipinski definition) is 5. The summed E-state index contributed by atoms with van der Waals surface area (Å²) in [7, 11) is 0. The van der Waals surface area contributed by atoms with Crippen LogP contribution in [0.3, 0.4) is 0 Å². The van der Waals surface area contributed by atoms with Crippen LogP contribution in [0.5, 0.6) is 0 Å². The van der Waals surface area contributed by atoms with Crippen molar-refractivity contribution in [3.8, 4) is 11.3 Å². The number of rotatable bonds is 3. The Morgan fingerprint density at radius 3 is 2.75 bits per heavy atom. The quantitative estimate of drug-likeness (QED) is 0.918. The third-order valence-electron chi connectivity index (χ3n) is 3.83. The summed E-state index contributed by atoms with van der Waals surface area (Å²) < 4.78 is 0. The largest absolute Gasteiger partial charge is 0.341 e. The van der Waals surface area contributed by atoms with Crippen molar-refractivity contribution >= 4 is 5.95 Å². The fraction of sp³-hybridized carbons (Fsp3) is 0.400. The van der Waals surface area contributed by atoms with Gasteiger partial charge in [-0.25, -0.2) is 9.97 Å². The molecule has 5 heteroatoms. The molecule has 0 aromatic carbocycles. The minimum atomic E-state index is 0.646. The van der Waals surface area contributed by atoms with Crippen LogP contribution in [0.2, 0.25) is 0 Å². The Hall–Kier alpha value is -2.01. The molecule has 0 saturated carbocycles. The van der Waals surface area contributed by atoms with Crippen molar-refractivity contribution in [2.24, 2.45) is 11.7 Å². The second-order valence-corrected chi connectivity index (χ2v) is 5.15. The Kier molecular flexibility index (Phi) is 3.87. The summed E-state index contributed by atoms with van der Waals surface area (Å²) in [6.45, 7) is 2.75. The molecule has 3 heterocycles. The average Bonchev–Trinajstić information content (AvgIpc) is 2.56. The van der Waals surface area contributed by atoms with E-state index in [2.05, 4.69) is 19.9 Å². The molecule has 20 heavy (non-hydrogen) atoms. The summed E-state index contributed by atoms with van der Waals surface area (Å²) in [5.74, 6) is 1.45. The Bertz CT molecular complexity index is 549. The molecule has 2 aromatic rings. The first-order valence-corrected chi connectivity index (χ1v) is 7.05. The van der Waals surface area contributed by atoms with Crippen LogP contribution in [0.1, 0.15) is 12.8 Å². The van der Waals surface area contributed by atoms with Crippen LogP contribution in [0.15, 0.2) is 36.8 Å². The van der Waals surface area contributed by atoms with E-state index in [1.165, 1.54) is 0 Å². The molecule has 1 fully saturated rings. The number of aromatic nitrogens is 3. The highest BCUT2D eigenvalue weighted by Gasteiger charge is 2.20. The predicted octanol–water partition coefficient (Wildman–Crippen LogP) is 1.71. The van der Waals surface area contributed by atoms with Gasteiger partial charge in [0.15, 0.2) is 0 Å². The summed E-state index contributed by atoms with van der Waals surface area (Å²) in [5.41, 5.74) is 7.67. The van der Waals surface area contributed by atoms with E-state index in [1.807, 2.05) is 30.6 Å². The summed E-state index contributed by atoms with van der Waals surface area (Å²) >= 11 is 0. The van der Waals surface area contributed by atoms with Crippen molar-refractivity contribution in [1.82, 2.24) is 15.0 Å². The zero-order chi connectivity index (χ0) is 13.8. The third kappa shape index (κ3) is 2.77. The fourth-order valence-corrected chi connectivity index (χ4v) is 2.54. The minimum absolute atomic E-state index is 0.646. The lowest BCUT2D eigenvalue weighted by atomic mass is 9.97. The first kappa shape index (κ1) is 13.0. The Morgan fingerprint density at radius 1 is 1.20 bits per heavy atom. The molecule has 0 radical (unpaired) electrons. The van der Waals surface area contributed by atoms with E-state index in [4.69, 9.17) is 5.73 Å². The number of nitrogens with zero attached hydrogens (tertiary/aromatic N) is 4. The van der Waals surface area contributed by atoms with E-state index in [0.29, 0.717) is 5.92 Å². The van der Waals surface area contributed by atoms with E-state index in [-0.39, 0.29) is 0 Å². The number of hydrogen-bond donors (Lipinski definition) is 1. The van der Waals surface area contributed by atoms with E-state index in [9.17, 15) is 0 Å². The van der Waals surface area contributed by atoms with Crippen LogP contribution in [0, 0.1) is 5.92 Å². The van der Waals surface area contributed by atoms with Gasteiger partial charge in [-0.3, -0.25) is 4.98 Å². The standard InChI is InChI=1S/C15H19N5/c16-10-12-4-8-20(9-5-12)15-18-7-3-14(19-15)13-2-1-6-17-11-13/h1-3,6-7,11-12H,4-5,8-10,16H2. The van der Waals surface area contributed by atoms with Gasteiger partial charge in [0.2, 0.25) is 5.95 Å². The summed E-state index contributed by atoms with van der Waals surface area (Å²) in [6, 6.07) is 5.86. The van der Waals surface area contributed by atoms with Crippen molar-refractivity contribution in [3.05, 3.63) is 36.8 Å². The average molecular weight is 269 g/mol. The van der Waals surface area contributed by atoms with Crippen LogP contribution >= 0.6 is 0 Å².